The highest BCUT2D eigenvalue weighted by molar-refractivity contribution is 5.79. The largest absolute Gasteiger partial charge is 0.359 e. The lowest BCUT2D eigenvalue weighted by Crippen LogP contribution is -2.31. The predicted molar refractivity (Wildman–Crippen MR) is 92.0 cm³/mol. The summed E-state index contributed by atoms with van der Waals surface area (Å²) in [6, 6.07) is 19.9. The van der Waals surface area contributed by atoms with Gasteiger partial charge in [-0.1, -0.05) is 60.7 Å². The van der Waals surface area contributed by atoms with Gasteiger partial charge < -0.3 is 10.1 Å². The number of hydrogen-bond acceptors (Lipinski definition) is 2. The second-order valence-corrected chi connectivity index (χ2v) is 5.82. The molecule has 0 saturated heterocycles. The van der Waals surface area contributed by atoms with Crippen molar-refractivity contribution in [1.82, 2.24) is 5.32 Å². The highest BCUT2D eigenvalue weighted by atomic mass is 16.1. The zero-order chi connectivity index (χ0) is 16.5. The van der Waals surface area contributed by atoms with Gasteiger partial charge in [-0.2, -0.15) is 0 Å². The minimum atomic E-state index is -0.193. The molecular formula is C20H23NO2. The van der Waals surface area contributed by atoms with E-state index < -0.39 is 0 Å². The van der Waals surface area contributed by atoms with Crippen molar-refractivity contribution in [3.8, 4) is 0 Å². The first-order chi connectivity index (χ1) is 11.2. The van der Waals surface area contributed by atoms with Crippen LogP contribution in [0.1, 0.15) is 17.5 Å². The van der Waals surface area contributed by atoms with Gasteiger partial charge in [0, 0.05) is 18.9 Å². The standard InChI is InChI=1S/C20H23NO2/c1-21-20(23)19(13-17-10-6-3-7-11-17)14-18(15-22)12-16-8-4-2-5-9-16/h2-11,15,18-19H,12-14H2,1H3,(H,21,23). The molecule has 2 unspecified atom stereocenters. The molecule has 1 N–H and O–H groups in total. The Kier molecular flexibility index (Phi) is 6.55. The number of hydrogen-bond donors (Lipinski definition) is 1. The third-order valence-electron chi connectivity index (χ3n) is 4.06. The first-order valence-corrected chi connectivity index (χ1v) is 7.97. The fourth-order valence-corrected chi connectivity index (χ4v) is 2.86. The highest BCUT2D eigenvalue weighted by Gasteiger charge is 2.22. The van der Waals surface area contributed by atoms with Gasteiger partial charge in [0.15, 0.2) is 0 Å². The van der Waals surface area contributed by atoms with Crippen LogP contribution in [0.15, 0.2) is 60.7 Å². The topological polar surface area (TPSA) is 46.2 Å². The average molecular weight is 309 g/mol. The number of benzene rings is 2. The van der Waals surface area contributed by atoms with Crippen LogP contribution in [0.25, 0.3) is 0 Å². The van der Waals surface area contributed by atoms with Gasteiger partial charge in [-0.25, -0.2) is 0 Å². The molecule has 0 spiro atoms. The van der Waals surface area contributed by atoms with E-state index in [4.69, 9.17) is 0 Å². The summed E-state index contributed by atoms with van der Waals surface area (Å²) >= 11 is 0. The molecule has 0 aliphatic carbocycles. The van der Waals surface area contributed by atoms with Gasteiger partial charge in [0.2, 0.25) is 5.91 Å². The Labute approximate surface area is 137 Å². The van der Waals surface area contributed by atoms with Crippen LogP contribution < -0.4 is 5.32 Å². The first-order valence-electron chi connectivity index (χ1n) is 7.97. The summed E-state index contributed by atoms with van der Waals surface area (Å²) in [5, 5.41) is 2.72. The van der Waals surface area contributed by atoms with Crippen molar-refractivity contribution in [1.29, 1.82) is 0 Å². The van der Waals surface area contributed by atoms with Crippen LogP contribution >= 0.6 is 0 Å². The molecule has 3 nitrogen and oxygen atoms in total. The number of amides is 1. The normalized spacial score (nSPS) is 13.1. The lowest BCUT2D eigenvalue weighted by molar-refractivity contribution is -0.125. The number of aldehydes is 1. The minimum absolute atomic E-state index is 0.00577. The van der Waals surface area contributed by atoms with Crippen molar-refractivity contribution in [3.05, 3.63) is 71.8 Å². The van der Waals surface area contributed by atoms with Gasteiger partial charge >= 0.3 is 0 Å². The summed E-state index contributed by atoms with van der Waals surface area (Å²) in [5.74, 6) is -0.349. The molecule has 0 aliphatic rings. The second kappa shape index (κ2) is 8.89. The molecule has 0 radical (unpaired) electrons. The molecule has 1 amide bonds. The molecular weight excluding hydrogens is 286 g/mol. The van der Waals surface area contributed by atoms with Crippen LogP contribution in [0, 0.1) is 11.8 Å². The molecule has 0 aromatic heterocycles. The molecule has 0 heterocycles. The molecule has 2 aromatic rings. The molecule has 23 heavy (non-hydrogen) atoms. The smallest absolute Gasteiger partial charge is 0.223 e. The molecule has 0 saturated carbocycles. The summed E-state index contributed by atoms with van der Waals surface area (Å²) < 4.78 is 0. The van der Waals surface area contributed by atoms with Gasteiger partial charge in [-0.15, -0.1) is 0 Å². The van der Waals surface area contributed by atoms with Gasteiger partial charge in [-0.05, 0) is 30.4 Å². The van der Waals surface area contributed by atoms with Crippen LogP contribution in [-0.4, -0.2) is 19.2 Å². The Hall–Kier alpha value is -2.42. The van der Waals surface area contributed by atoms with E-state index in [9.17, 15) is 9.59 Å². The van der Waals surface area contributed by atoms with E-state index >= 15 is 0 Å². The van der Waals surface area contributed by atoms with Crippen LogP contribution in [0.5, 0.6) is 0 Å². The van der Waals surface area contributed by atoms with E-state index in [1.165, 1.54) is 0 Å². The molecule has 0 fully saturated rings. The maximum atomic E-state index is 12.2. The predicted octanol–water partition coefficient (Wildman–Crippen LogP) is 3.04. The minimum Gasteiger partial charge on any atom is -0.359 e. The lowest BCUT2D eigenvalue weighted by Gasteiger charge is -2.19. The Morgan fingerprint density at radius 3 is 1.96 bits per heavy atom. The zero-order valence-corrected chi connectivity index (χ0v) is 13.4. The van der Waals surface area contributed by atoms with Crippen molar-refractivity contribution in [3.63, 3.8) is 0 Å². The molecule has 3 heteroatoms. The molecule has 2 atom stereocenters. The van der Waals surface area contributed by atoms with E-state index in [1.807, 2.05) is 60.7 Å². The number of carbonyl (C=O) groups is 2. The Balaban J connectivity index is 2.06. The number of nitrogens with one attached hydrogen (secondary N) is 1. The van der Waals surface area contributed by atoms with Crippen LogP contribution in [-0.2, 0) is 22.4 Å². The van der Waals surface area contributed by atoms with E-state index in [0.29, 0.717) is 19.3 Å². The molecule has 0 aliphatic heterocycles. The lowest BCUT2D eigenvalue weighted by atomic mass is 9.86. The van der Waals surface area contributed by atoms with Gasteiger partial charge in [0.05, 0.1) is 0 Å². The fourth-order valence-electron chi connectivity index (χ4n) is 2.86. The summed E-state index contributed by atoms with van der Waals surface area (Å²) in [4.78, 5) is 23.7. The third-order valence-corrected chi connectivity index (χ3v) is 4.06. The third kappa shape index (κ3) is 5.37. The van der Waals surface area contributed by atoms with Crippen LogP contribution in [0.3, 0.4) is 0 Å². The van der Waals surface area contributed by atoms with Crippen LogP contribution in [0.4, 0.5) is 0 Å². The Bertz CT molecular complexity index is 610. The SMILES string of the molecule is CNC(=O)C(Cc1ccccc1)CC(C=O)Cc1ccccc1. The average Bonchev–Trinajstić information content (AvgIpc) is 2.61. The van der Waals surface area contributed by atoms with Crippen molar-refractivity contribution in [2.75, 3.05) is 7.05 Å². The monoisotopic (exact) mass is 309 g/mol. The fraction of sp³-hybridized carbons (Fsp3) is 0.300. The van der Waals surface area contributed by atoms with Gasteiger partial charge in [-0.3, -0.25) is 4.79 Å². The van der Waals surface area contributed by atoms with E-state index in [0.717, 1.165) is 17.4 Å². The maximum Gasteiger partial charge on any atom is 0.223 e. The van der Waals surface area contributed by atoms with E-state index in [-0.39, 0.29) is 17.7 Å². The molecule has 0 bridgehead atoms. The number of carbonyl (C=O) groups excluding carboxylic acids is 2. The van der Waals surface area contributed by atoms with Gasteiger partial charge in [0.25, 0.3) is 0 Å². The highest BCUT2D eigenvalue weighted by Crippen LogP contribution is 2.20. The zero-order valence-electron chi connectivity index (χ0n) is 13.4. The van der Waals surface area contributed by atoms with Crippen molar-refractivity contribution < 1.29 is 9.59 Å². The quantitative estimate of drug-likeness (QED) is 0.762. The van der Waals surface area contributed by atoms with Crippen LogP contribution in [0.2, 0.25) is 0 Å². The van der Waals surface area contributed by atoms with Gasteiger partial charge in [0.1, 0.15) is 6.29 Å². The summed E-state index contributed by atoms with van der Waals surface area (Å²) in [6.07, 6.45) is 2.87. The summed E-state index contributed by atoms with van der Waals surface area (Å²) in [7, 11) is 1.65. The second-order valence-electron chi connectivity index (χ2n) is 5.82. The van der Waals surface area contributed by atoms with Crippen molar-refractivity contribution >= 4 is 12.2 Å². The van der Waals surface area contributed by atoms with Crippen molar-refractivity contribution in [2.24, 2.45) is 11.8 Å². The van der Waals surface area contributed by atoms with E-state index in [1.54, 1.807) is 7.05 Å². The Morgan fingerprint density at radius 2 is 1.48 bits per heavy atom. The Morgan fingerprint density at radius 1 is 0.957 bits per heavy atom. The van der Waals surface area contributed by atoms with Crippen molar-refractivity contribution in [2.45, 2.75) is 19.3 Å². The van der Waals surface area contributed by atoms with E-state index in [2.05, 4.69) is 5.32 Å². The molecule has 2 aromatic carbocycles. The summed E-state index contributed by atoms with van der Waals surface area (Å²) in [5.41, 5.74) is 2.24. The first kappa shape index (κ1) is 16.9. The maximum absolute atomic E-state index is 12.2. The molecule has 2 rings (SSSR count). The number of rotatable bonds is 8. The summed E-state index contributed by atoms with van der Waals surface area (Å²) in [6.45, 7) is 0. The molecule has 120 valence electrons.